The number of nitrogens with zero attached hydrogens (tertiary/aromatic N) is 5. The quantitative estimate of drug-likeness (QED) is 0.581. The van der Waals surface area contributed by atoms with E-state index in [4.69, 9.17) is 9.73 Å². The first-order chi connectivity index (χ1) is 14.7. The zero-order valence-electron chi connectivity index (χ0n) is 18.1. The van der Waals surface area contributed by atoms with E-state index in [1.807, 2.05) is 17.2 Å². The van der Waals surface area contributed by atoms with Gasteiger partial charge in [0.1, 0.15) is 11.9 Å². The van der Waals surface area contributed by atoms with Crippen molar-refractivity contribution in [3.05, 3.63) is 23.9 Å². The highest BCUT2D eigenvalue weighted by atomic mass is 16.5. The van der Waals surface area contributed by atoms with Crippen molar-refractivity contribution >= 4 is 17.7 Å². The Morgan fingerprint density at radius 1 is 1.17 bits per heavy atom. The van der Waals surface area contributed by atoms with Gasteiger partial charge in [0.15, 0.2) is 5.96 Å². The van der Waals surface area contributed by atoms with E-state index in [9.17, 15) is 4.79 Å². The fraction of sp³-hybridized carbons (Fsp3) is 0.682. The number of rotatable bonds is 5. The van der Waals surface area contributed by atoms with E-state index >= 15 is 0 Å². The Bertz CT molecular complexity index is 735. The molecule has 0 bridgehead atoms. The molecule has 1 aromatic rings. The van der Waals surface area contributed by atoms with Gasteiger partial charge in [-0.2, -0.15) is 0 Å². The fourth-order valence-electron chi connectivity index (χ4n) is 4.38. The summed E-state index contributed by atoms with van der Waals surface area (Å²) < 4.78 is 5.57. The van der Waals surface area contributed by atoms with E-state index < -0.39 is 0 Å². The lowest BCUT2D eigenvalue weighted by atomic mass is 10.2. The van der Waals surface area contributed by atoms with E-state index in [0.717, 1.165) is 70.4 Å². The van der Waals surface area contributed by atoms with Crippen molar-refractivity contribution in [2.75, 3.05) is 57.3 Å². The van der Waals surface area contributed by atoms with Crippen LogP contribution in [0, 0.1) is 0 Å². The van der Waals surface area contributed by atoms with Crippen LogP contribution in [0.1, 0.15) is 38.2 Å². The first-order valence-electron chi connectivity index (χ1n) is 11.4. The highest BCUT2D eigenvalue weighted by Gasteiger charge is 2.30. The standard InChI is InChI=1S/C22H34N6O2/c1-2-23-22(25-17-18-7-8-24-20(16-18)26-9-3-4-10-26)28-13-11-27(12-14-28)21(29)19-6-5-15-30-19/h7-8,16,19H,2-6,9-15,17H2,1H3,(H,23,25). The Hall–Kier alpha value is -2.35. The van der Waals surface area contributed by atoms with Gasteiger partial charge in [0, 0.05) is 58.6 Å². The van der Waals surface area contributed by atoms with E-state index in [1.165, 1.54) is 18.4 Å². The molecule has 0 radical (unpaired) electrons. The van der Waals surface area contributed by atoms with Gasteiger partial charge in [-0.25, -0.2) is 9.98 Å². The summed E-state index contributed by atoms with van der Waals surface area (Å²) in [4.78, 5) is 28.5. The van der Waals surface area contributed by atoms with Gasteiger partial charge < -0.3 is 24.8 Å². The first kappa shape index (κ1) is 20.9. The van der Waals surface area contributed by atoms with E-state index in [2.05, 4.69) is 33.1 Å². The van der Waals surface area contributed by atoms with Crippen molar-refractivity contribution < 1.29 is 9.53 Å². The number of carbonyl (C=O) groups is 1. The van der Waals surface area contributed by atoms with Crippen molar-refractivity contribution in [1.82, 2.24) is 20.1 Å². The molecule has 0 saturated carbocycles. The minimum Gasteiger partial charge on any atom is -0.368 e. The van der Waals surface area contributed by atoms with Crippen LogP contribution in [0.5, 0.6) is 0 Å². The number of piperazine rings is 1. The Balaban J connectivity index is 1.35. The minimum absolute atomic E-state index is 0.153. The first-order valence-corrected chi connectivity index (χ1v) is 11.4. The number of aliphatic imine (C=N–C) groups is 1. The zero-order chi connectivity index (χ0) is 20.8. The number of ether oxygens (including phenoxy) is 1. The maximum atomic E-state index is 12.6. The summed E-state index contributed by atoms with van der Waals surface area (Å²) in [5.74, 6) is 2.13. The summed E-state index contributed by atoms with van der Waals surface area (Å²) in [6, 6.07) is 4.21. The Morgan fingerprint density at radius 2 is 1.93 bits per heavy atom. The number of guanidine groups is 1. The fourth-order valence-corrected chi connectivity index (χ4v) is 4.38. The predicted molar refractivity (Wildman–Crippen MR) is 118 cm³/mol. The van der Waals surface area contributed by atoms with Crippen LogP contribution in [0.4, 0.5) is 5.82 Å². The average molecular weight is 415 g/mol. The Morgan fingerprint density at radius 3 is 2.63 bits per heavy atom. The number of hydrogen-bond acceptors (Lipinski definition) is 5. The lowest BCUT2D eigenvalue weighted by molar-refractivity contribution is -0.142. The maximum Gasteiger partial charge on any atom is 0.251 e. The zero-order valence-corrected chi connectivity index (χ0v) is 18.1. The molecule has 0 aromatic carbocycles. The van der Waals surface area contributed by atoms with E-state index in [0.29, 0.717) is 13.2 Å². The SMILES string of the molecule is CCNC(=NCc1ccnc(N2CCCC2)c1)N1CCN(C(=O)C2CCCO2)CC1. The molecule has 3 aliphatic rings. The molecule has 3 fully saturated rings. The molecule has 1 atom stereocenters. The molecule has 30 heavy (non-hydrogen) atoms. The second kappa shape index (κ2) is 10.1. The number of amides is 1. The average Bonchev–Trinajstić information content (AvgIpc) is 3.51. The third-order valence-corrected chi connectivity index (χ3v) is 6.08. The highest BCUT2D eigenvalue weighted by molar-refractivity contribution is 5.82. The molecular formula is C22H34N6O2. The number of carbonyl (C=O) groups excluding carboxylic acids is 1. The molecule has 3 saturated heterocycles. The van der Waals surface area contributed by atoms with Gasteiger partial charge in [-0.15, -0.1) is 0 Å². The molecule has 0 aliphatic carbocycles. The minimum atomic E-state index is -0.227. The Kier molecular flexibility index (Phi) is 7.04. The molecule has 1 amide bonds. The number of anilines is 1. The number of hydrogen-bond donors (Lipinski definition) is 1. The summed E-state index contributed by atoms with van der Waals surface area (Å²) in [5.41, 5.74) is 1.18. The summed E-state index contributed by atoms with van der Waals surface area (Å²) in [5, 5.41) is 3.41. The van der Waals surface area contributed by atoms with Crippen LogP contribution in [0.3, 0.4) is 0 Å². The third kappa shape index (κ3) is 5.03. The topological polar surface area (TPSA) is 73.3 Å². The third-order valence-electron chi connectivity index (χ3n) is 6.08. The van der Waals surface area contributed by atoms with Gasteiger partial charge in [-0.3, -0.25) is 4.79 Å². The van der Waals surface area contributed by atoms with Gasteiger partial charge in [-0.05, 0) is 50.3 Å². The molecular weight excluding hydrogens is 380 g/mol. The molecule has 1 N–H and O–H groups in total. The molecule has 1 aromatic heterocycles. The lowest BCUT2D eigenvalue weighted by Gasteiger charge is -2.37. The normalized spacial score (nSPS) is 22.6. The monoisotopic (exact) mass is 414 g/mol. The van der Waals surface area contributed by atoms with Crippen molar-refractivity contribution in [3.8, 4) is 0 Å². The summed E-state index contributed by atoms with van der Waals surface area (Å²) in [6.07, 6.45) is 6.00. The van der Waals surface area contributed by atoms with Crippen LogP contribution in [0.25, 0.3) is 0 Å². The van der Waals surface area contributed by atoms with Crippen molar-refractivity contribution in [3.63, 3.8) is 0 Å². The van der Waals surface area contributed by atoms with Gasteiger partial charge in [0.25, 0.3) is 5.91 Å². The van der Waals surface area contributed by atoms with Crippen LogP contribution in [-0.2, 0) is 16.1 Å². The van der Waals surface area contributed by atoms with E-state index in [1.54, 1.807) is 0 Å². The molecule has 8 nitrogen and oxygen atoms in total. The maximum absolute atomic E-state index is 12.6. The largest absolute Gasteiger partial charge is 0.368 e. The molecule has 3 aliphatic heterocycles. The second-order valence-electron chi connectivity index (χ2n) is 8.20. The molecule has 4 heterocycles. The van der Waals surface area contributed by atoms with Gasteiger partial charge in [-0.1, -0.05) is 0 Å². The second-order valence-corrected chi connectivity index (χ2v) is 8.20. The molecule has 1 unspecified atom stereocenters. The molecule has 164 valence electrons. The molecule has 8 heteroatoms. The summed E-state index contributed by atoms with van der Waals surface area (Å²) in [6.45, 7) is 9.46. The van der Waals surface area contributed by atoms with Crippen molar-refractivity contribution in [2.45, 2.75) is 45.3 Å². The van der Waals surface area contributed by atoms with Gasteiger partial charge in [0.05, 0.1) is 6.54 Å². The molecule has 4 rings (SSSR count). The van der Waals surface area contributed by atoms with Gasteiger partial charge >= 0.3 is 0 Å². The van der Waals surface area contributed by atoms with Crippen LogP contribution in [0.15, 0.2) is 23.3 Å². The van der Waals surface area contributed by atoms with Crippen LogP contribution in [-0.4, -0.2) is 85.2 Å². The number of nitrogens with one attached hydrogen (secondary N) is 1. The highest BCUT2D eigenvalue weighted by Crippen LogP contribution is 2.19. The van der Waals surface area contributed by atoms with E-state index in [-0.39, 0.29) is 12.0 Å². The van der Waals surface area contributed by atoms with Gasteiger partial charge in [0.2, 0.25) is 0 Å². The lowest BCUT2D eigenvalue weighted by Crippen LogP contribution is -2.55. The van der Waals surface area contributed by atoms with Crippen molar-refractivity contribution in [1.29, 1.82) is 0 Å². The van der Waals surface area contributed by atoms with Crippen molar-refractivity contribution in [2.24, 2.45) is 4.99 Å². The summed E-state index contributed by atoms with van der Waals surface area (Å²) >= 11 is 0. The van der Waals surface area contributed by atoms with Crippen LogP contribution >= 0.6 is 0 Å². The van der Waals surface area contributed by atoms with Crippen LogP contribution in [0.2, 0.25) is 0 Å². The predicted octanol–water partition coefficient (Wildman–Crippen LogP) is 1.47. The Labute approximate surface area is 179 Å². The summed E-state index contributed by atoms with van der Waals surface area (Å²) in [7, 11) is 0. The smallest absolute Gasteiger partial charge is 0.251 e. The number of pyridine rings is 1. The molecule has 0 spiro atoms. The van der Waals surface area contributed by atoms with Crippen LogP contribution < -0.4 is 10.2 Å². The number of aromatic nitrogens is 1.